The Morgan fingerprint density at radius 1 is 1.13 bits per heavy atom. The van der Waals surface area contributed by atoms with E-state index >= 15 is 0 Å². The number of carbonyl (C=O) groups is 1. The van der Waals surface area contributed by atoms with Crippen molar-refractivity contribution in [1.82, 2.24) is 9.21 Å². The lowest BCUT2D eigenvalue weighted by Crippen LogP contribution is -2.54. The highest BCUT2D eigenvalue weighted by molar-refractivity contribution is 9.10. The summed E-state index contributed by atoms with van der Waals surface area (Å²) in [7, 11) is -3.62. The Kier molecular flexibility index (Phi) is 7.68. The van der Waals surface area contributed by atoms with E-state index in [9.17, 15) is 13.2 Å². The summed E-state index contributed by atoms with van der Waals surface area (Å²) in [4.78, 5) is 14.7. The van der Waals surface area contributed by atoms with Crippen LogP contribution in [0.3, 0.4) is 0 Å². The maximum atomic E-state index is 13.2. The first-order chi connectivity index (χ1) is 14.3. The molecule has 6 nitrogen and oxygen atoms in total. The number of nitrogens with zero attached hydrogens (tertiary/aromatic N) is 2. The Morgan fingerprint density at radius 2 is 1.83 bits per heavy atom. The van der Waals surface area contributed by atoms with Gasteiger partial charge >= 0.3 is 5.97 Å². The number of hydrogen-bond acceptors (Lipinski definition) is 5. The van der Waals surface area contributed by atoms with Gasteiger partial charge in [-0.15, -0.1) is 0 Å². The number of ether oxygens (including phenoxy) is 1. The molecule has 30 heavy (non-hydrogen) atoms. The summed E-state index contributed by atoms with van der Waals surface area (Å²) < 4.78 is 33.9. The molecule has 0 N–H and O–H groups in total. The first-order valence-corrected chi connectivity index (χ1v) is 12.2. The van der Waals surface area contributed by atoms with Gasteiger partial charge in [0.05, 0.1) is 17.9 Å². The minimum atomic E-state index is -3.62. The Bertz CT molecular complexity index is 979. The molecule has 0 spiro atoms. The SMILES string of the molecule is CCOC(=O)CC1CN(S(=O)(=O)c2ccc(C)cc2)CCN1Cc1ccccc1Br. The molecule has 1 fully saturated rings. The fourth-order valence-electron chi connectivity index (χ4n) is 3.60. The van der Waals surface area contributed by atoms with Crippen LogP contribution < -0.4 is 0 Å². The van der Waals surface area contributed by atoms with Crippen LogP contribution in [0.2, 0.25) is 0 Å². The number of carbonyl (C=O) groups excluding carboxylic acids is 1. The van der Waals surface area contributed by atoms with E-state index in [0.29, 0.717) is 26.2 Å². The molecule has 0 saturated carbocycles. The molecule has 1 heterocycles. The number of aryl methyl sites for hydroxylation is 1. The van der Waals surface area contributed by atoms with E-state index < -0.39 is 10.0 Å². The molecule has 0 radical (unpaired) electrons. The monoisotopic (exact) mass is 494 g/mol. The molecule has 1 saturated heterocycles. The number of halogens is 1. The Labute approximate surface area is 187 Å². The fraction of sp³-hybridized carbons (Fsp3) is 0.409. The molecule has 3 rings (SSSR count). The third-order valence-corrected chi connectivity index (χ3v) is 7.92. The van der Waals surface area contributed by atoms with Crippen molar-refractivity contribution in [2.24, 2.45) is 0 Å². The largest absolute Gasteiger partial charge is 0.466 e. The van der Waals surface area contributed by atoms with E-state index in [0.717, 1.165) is 15.6 Å². The molecule has 8 heteroatoms. The number of hydrogen-bond donors (Lipinski definition) is 0. The molecule has 2 aromatic rings. The Balaban J connectivity index is 1.81. The van der Waals surface area contributed by atoms with Crippen LogP contribution in [0.25, 0.3) is 0 Å². The number of benzene rings is 2. The molecule has 162 valence electrons. The average molecular weight is 495 g/mol. The molecule has 1 unspecified atom stereocenters. The van der Waals surface area contributed by atoms with Gasteiger partial charge in [0.25, 0.3) is 0 Å². The zero-order valence-electron chi connectivity index (χ0n) is 17.3. The van der Waals surface area contributed by atoms with Gasteiger partial charge < -0.3 is 4.74 Å². The van der Waals surface area contributed by atoms with E-state index in [2.05, 4.69) is 20.8 Å². The lowest BCUT2D eigenvalue weighted by molar-refractivity contribution is -0.145. The normalized spacial score (nSPS) is 18.3. The lowest BCUT2D eigenvalue weighted by Gasteiger charge is -2.40. The van der Waals surface area contributed by atoms with Crippen LogP contribution in [0.4, 0.5) is 0 Å². The summed E-state index contributed by atoms with van der Waals surface area (Å²) in [6.45, 7) is 5.79. The van der Waals surface area contributed by atoms with Crippen molar-refractivity contribution >= 4 is 31.9 Å². The van der Waals surface area contributed by atoms with Crippen LogP contribution in [0.5, 0.6) is 0 Å². The van der Waals surface area contributed by atoms with E-state index in [1.165, 1.54) is 4.31 Å². The van der Waals surface area contributed by atoms with E-state index in [-0.39, 0.29) is 29.9 Å². The predicted octanol–water partition coefficient (Wildman–Crippen LogP) is 3.59. The van der Waals surface area contributed by atoms with Crippen LogP contribution in [0.15, 0.2) is 57.9 Å². The maximum Gasteiger partial charge on any atom is 0.307 e. The first kappa shape index (κ1) is 22.9. The van der Waals surface area contributed by atoms with Gasteiger partial charge in [0.2, 0.25) is 10.0 Å². The van der Waals surface area contributed by atoms with Crippen molar-refractivity contribution in [3.8, 4) is 0 Å². The van der Waals surface area contributed by atoms with Gasteiger partial charge in [0.15, 0.2) is 0 Å². The van der Waals surface area contributed by atoms with Crippen molar-refractivity contribution < 1.29 is 17.9 Å². The molecule has 0 aliphatic carbocycles. The van der Waals surface area contributed by atoms with Crippen molar-refractivity contribution in [1.29, 1.82) is 0 Å². The molecule has 2 aromatic carbocycles. The molecule has 0 aromatic heterocycles. The average Bonchev–Trinajstić information content (AvgIpc) is 2.71. The van der Waals surface area contributed by atoms with Crippen LogP contribution in [-0.4, -0.2) is 55.9 Å². The summed E-state index contributed by atoms with van der Waals surface area (Å²) in [6, 6.07) is 14.5. The number of esters is 1. The van der Waals surface area contributed by atoms with Crippen LogP contribution >= 0.6 is 15.9 Å². The minimum Gasteiger partial charge on any atom is -0.466 e. The van der Waals surface area contributed by atoms with E-state index in [1.807, 2.05) is 31.2 Å². The molecule has 1 aliphatic rings. The quantitative estimate of drug-likeness (QED) is 0.550. The summed E-state index contributed by atoms with van der Waals surface area (Å²) in [5, 5.41) is 0. The molecule has 1 atom stereocenters. The zero-order valence-corrected chi connectivity index (χ0v) is 19.7. The van der Waals surface area contributed by atoms with Crippen molar-refractivity contribution in [2.45, 2.75) is 37.8 Å². The highest BCUT2D eigenvalue weighted by Crippen LogP contribution is 2.25. The first-order valence-electron chi connectivity index (χ1n) is 10.0. The number of piperazine rings is 1. The number of sulfonamides is 1. The molecular formula is C22H27BrN2O4S. The number of rotatable bonds is 7. The van der Waals surface area contributed by atoms with Crippen molar-refractivity contribution in [3.63, 3.8) is 0 Å². The Hall–Kier alpha value is -1.74. The molecule has 0 bridgehead atoms. The van der Waals surface area contributed by atoms with Gasteiger partial charge in [-0.1, -0.05) is 51.8 Å². The van der Waals surface area contributed by atoms with E-state index in [1.54, 1.807) is 31.2 Å². The topological polar surface area (TPSA) is 66.9 Å². The highest BCUT2D eigenvalue weighted by Gasteiger charge is 2.35. The highest BCUT2D eigenvalue weighted by atomic mass is 79.9. The fourth-order valence-corrected chi connectivity index (χ4v) is 5.48. The molecule has 0 amide bonds. The van der Waals surface area contributed by atoms with Crippen LogP contribution in [0.1, 0.15) is 24.5 Å². The third kappa shape index (κ3) is 5.49. The van der Waals surface area contributed by atoms with Crippen LogP contribution in [-0.2, 0) is 26.1 Å². The van der Waals surface area contributed by atoms with E-state index in [4.69, 9.17) is 4.74 Å². The zero-order chi connectivity index (χ0) is 21.7. The van der Waals surface area contributed by atoms with Gasteiger partial charge in [-0.05, 0) is 37.6 Å². The maximum absolute atomic E-state index is 13.2. The van der Waals surface area contributed by atoms with Crippen molar-refractivity contribution in [3.05, 3.63) is 64.1 Å². The molecular weight excluding hydrogens is 468 g/mol. The summed E-state index contributed by atoms with van der Waals surface area (Å²) >= 11 is 3.57. The van der Waals surface area contributed by atoms with Gasteiger partial charge in [0, 0.05) is 36.7 Å². The molecule has 1 aliphatic heterocycles. The smallest absolute Gasteiger partial charge is 0.307 e. The predicted molar refractivity (Wildman–Crippen MR) is 120 cm³/mol. The van der Waals surface area contributed by atoms with Gasteiger partial charge in [0.1, 0.15) is 0 Å². The summed E-state index contributed by atoms with van der Waals surface area (Å²) in [5.74, 6) is -0.311. The second kappa shape index (κ2) is 10.0. The lowest BCUT2D eigenvalue weighted by atomic mass is 10.1. The van der Waals surface area contributed by atoms with Crippen LogP contribution in [0, 0.1) is 6.92 Å². The Morgan fingerprint density at radius 3 is 2.50 bits per heavy atom. The summed E-state index contributed by atoms with van der Waals surface area (Å²) in [5.41, 5.74) is 2.11. The van der Waals surface area contributed by atoms with Crippen molar-refractivity contribution in [2.75, 3.05) is 26.2 Å². The second-order valence-electron chi connectivity index (χ2n) is 7.40. The van der Waals surface area contributed by atoms with Gasteiger partial charge in [-0.25, -0.2) is 8.42 Å². The van der Waals surface area contributed by atoms with Gasteiger partial charge in [-0.2, -0.15) is 4.31 Å². The standard InChI is InChI=1S/C22H27BrN2O4S/c1-3-29-22(26)14-19-16-25(30(27,28)20-10-8-17(2)9-11-20)13-12-24(19)15-18-6-4-5-7-21(18)23/h4-11,19H,3,12-16H2,1-2H3. The second-order valence-corrected chi connectivity index (χ2v) is 10.2. The summed E-state index contributed by atoms with van der Waals surface area (Å²) in [6.07, 6.45) is 0.151. The third-order valence-electron chi connectivity index (χ3n) is 5.27. The minimum absolute atomic E-state index is 0.151. The van der Waals surface area contributed by atoms with Gasteiger partial charge in [-0.3, -0.25) is 9.69 Å².